The van der Waals surface area contributed by atoms with Gasteiger partial charge in [0.1, 0.15) is 0 Å². The molecule has 3 nitrogen and oxygen atoms in total. The molecule has 1 saturated carbocycles. The van der Waals surface area contributed by atoms with Crippen molar-refractivity contribution < 1.29 is 0 Å². The molecule has 2 unspecified atom stereocenters. The van der Waals surface area contributed by atoms with E-state index in [1.54, 1.807) is 0 Å². The van der Waals surface area contributed by atoms with Gasteiger partial charge < -0.3 is 15.9 Å². The summed E-state index contributed by atoms with van der Waals surface area (Å²) in [6.45, 7) is 6.13. The lowest BCUT2D eigenvalue weighted by atomic mass is 10.00. The number of fused-ring (bicyclic) bond motifs is 1. The van der Waals surface area contributed by atoms with E-state index in [0.29, 0.717) is 5.92 Å². The normalized spacial score (nSPS) is 31.0. The lowest BCUT2D eigenvalue weighted by molar-refractivity contribution is 0.489. The van der Waals surface area contributed by atoms with Crippen LogP contribution in [0.25, 0.3) is 0 Å². The highest BCUT2D eigenvalue weighted by atomic mass is 127. The Kier molecular flexibility index (Phi) is 4.86. The topological polar surface area (TPSA) is 53.1 Å². The zero-order chi connectivity index (χ0) is 10.7. The number of nitrogens with two attached hydrogens (primary N) is 1. The smallest absolute Gasteiger partial charge is 0.346 e. The molecule has 1 aliphatic heterocycles. The first-order valence-corrected chi connectivity index (χ1v) is 6.64. The molecule has 0 aromatic carbocycles. The number of hydrogen-bond acceptors (Lipinski definition) is 3. The fourth-order valence-corrected chi connectivity index (χ4v) is 2.77. The molecular formula is C9H19BIN3. The number of halogens is 1. The molecule has 80 valence electrons. The maximum absolute atomic E-state index is 7.74. The van der Waals surface area contributed by atoms with Gasteiger partial charge in [0.25, 0.3) is 0 Å². The maximum atomic E-state index is 7.74. The number of rotatable bonds is 1. The van der Waals surface area contributed by atoms with Crippen LogP contribution in [0.15, 0.2) is 0 Å². The van der Waals surface area contributed by atoms with E-state index in [1.165, 1.54) is 6.42 Å². The van der Waals surface area contributed by atoms with Gasteiger partial charge in [-0.15, -0.1) is 22.4 Å². The van der Waals surface area contributed by atoms with Crippen LogP contribution >= 0.6 is 22.4 Å². The quantitative estimate of drug-likeness (QED) is 0.573. The van der Waals surface area contributed by atoms with Gasteiger partial charge in [-0.3, -0.25) is 0 Å². The van der Waals surface area contributed by atoms with Crippen molar-refractivity contribution in [2.24, 2.45) is 17.5 Å². The molecule has 0 amide bonds. The lowest BCUT2D eigenvalue weighted by Crippen LogP contribution is -2.41. The second-order valence-electron chi connectivity index (χ2n) is 3.76. The molecule has 0 aromatic rings. The summed E-state index contributed by atoms with van der Waals surface area (Å²) in [5.41, 5.74) is 6.75. The predicted molar refractivity (Wildman–Crippen MR) is 70.8 cm³/mol. The summed E-state index contributed by atoms with van der Waals surface area (Å²) in [5.74, 6) is 1.27. The van der Waals surface area contributed by atoms with Crippen LogP contribution in [0.4, 0.5) is 0 Å². The van der Waals surface area contributed by atoms with E-state index in [4.69, 9.17) is 11.1 Å². The van der Waals surface area contributed by atoms with E-state index in [2.05, 4.69) is 27.2 Å². The Bertz CT molecular complexity index is 210. The molecule has 2 atom stereocenters. The average Bonchev–Trinajstić information content (AvgIpc) is 2.72. The molecule has 1 heterocycles. The minimum absolute atomic E-state index is 0.140. The first kappa shape index (κ1) is 12.5. The van der Waals surface area contributed by atoms with Crippen molar-refractivity contribution in [2.75, 3.05) is 13.1 Å². The number of hydrogen-bond donors (Lipinski definition) is 2. The van der Waals surface area contributed by atoms with Crippen molar-refractivity contribution in [3.8, 4) is 0 Å². The monoisotopic (exact) mass is 307 g/mol. The van der Waals surface area contributed by atoms with Gasteiger partial charge in [-0.25, -0.2) is 0 Å². The van der Waals surface area contributed by atoms with Crippen LogP contribution in [0, 0.1) is 17.2 Å². The zero-order valence-electron chi connectivity index (χ0n) is 8.96. The summed E-state index contributed by atoms with van der Waals surface area (Å²) >= 11 is 2.25. The van der Waals surface area contributed by atoms with Gasteiger partial charge in [0, 0.05) is 11.6 Å². The van der Waals surface area contributed by atoms with Gasteiger partial charge >= 0.3 is 4.84 Å². The van der Waals surface area contributed by atoms with E-state index >= 15 is 0 Å². The standard InChI is InChI=1S/C7H13BIN3.C2H6/c9-8(11)12-3-5-1-2-7(10)6(5)4-12;1-2/h5-6,10H,1-4,11H2;1-2H3. The predicted octanol–water partition coefficient (Wildman–Crippen LogP) is 1.75. The Morgan fingerprint density at radius 3 is 2.64 bits per heavy atom. The van der Waals surface area contributed by atoms with Crippen molar-refractivity contribution >= 4 is 32.9 Å². The summed E-state index contributed by atoms with van der Waals surface area (Å²) in [6, 6.07) is 0. The molecule has 0 radical (unpaired) electrons. The highest BCUT2D eigenvalue weighted by Crippen LogP contribution is 2.35. The molecule has 0 spiro atoms. The van der Waals surface area contributed by atoms with Crippen LogP contribution in [-0.4, -0.2) is 28.5 Å². The van der Waals surface area contributed by atoms with E-state index in [-0.39, 0.29) is 4.84 Å². The molecule has 3 N–H and O–H groups in total. The van der Waals surface area contributed by atoms with Gasteiger partial charge in [0.15, 0.2) is 0 Å². The van der Waals surface area contributed by atoms with Crippen molar-refractivity contribution in [1.29, 1.82) is 5.41 Å². The molecular weight excluding hydrogens is 288 g/mol. The Hall–Kier alpha value is 0.385. The van der Waals surface area contributed by atoms with Crippen LogP contribution in [0.2, 0.25) is 0 Å². The van der Waals surface area contributed by atoms with Crippen molar-refractivity contribution in [2.45, 2.75) is 26.7 Å². The maximum Gasteiger partial charge on any atom is 0.379 e. The van der Waals surface area contributed by atoms with Crippen molar-refractivity contribution in [1.82, 2.24) is 4.81 Å². The summed E-state index contributed by atoms with van der Waals surface area (Å²) in [7, 11) is 0. The van der Waals surface area contributed by atoms with Crippen LogP contribution in [0.1, 0.15) is 26.7 Å². The second kappa shape index (κ2) is 5.46. The summed E-state index contributed by atoms with van der Waals surface area (Å²) < 4.78 is 0. The third-order valence-corrected chi connectivity index (χ3v) is 3.84. The van der Waals surface area contributed by atoms with Gasteiger partial charge in [0.05, 0.1) is 0 Å². The molecule has 0 bridgehead atoms. The number of nitrogens with one attached hydrogen (secondary N) is 1. The largest absolute Gasteiger partial charge is 0.379 e. The fourth-order valence-electron chi connectivity index (χ4n) is 2.32. The Morgan fingerprint density at radius 2 is 2.14 bits per heavy atom. The minimum atomic E-state index is 0.140. The molecule has 14 heavy (non-hydrogen) atoms. The summed E-state index contributed by atoms with van der Waals surface area (Å²) in [4.78, 5) is 2.42. The van der Waals surface area contributed by atoms with Crippen molar-refractivity contribution in [3.63, 3.8) is 0 Å². The third kappa shape index (κ3) is 2.49. The Morgan fingerprint density at radius 1 is 1.50 bits per heavy atom. The van der Waals surface area contributed by atoms with E-state index in [1.807, 2.05) is 13.8 Å². The molecule has 2 rings (SSSR count). The molecule has 5 heteroatoms. The van der Waals surface area contributed by atoms with Crippen LogP contribution in [-0.2, 0) is 0 Å². The van der Waals surface area contributed by atoms with Gasteiger partial charge in [-0.05, 0) is 31.8 Å². The van der Waals surface area contributed by atoms with Crippen LogP contribution in [0.3, 0.4) is 0 Å². The van der Waals surface area contributed by atoms with Gasteiger partial charge in [-0.2, -0.15) is 0 Å². The average molecular weight is 307 g/mol. The first-order valence-electron chi connectivity index (χ1n) is 5.39. The molecule has 2 aliphatic rings. The van der Waals surface area contributed by atoms with E-state index < -0.39 is 0 Å². The highest BCUT2D eigenvalue weighted by molar-refractivity contribution is 14.1. The summed E-state index contributed by atoms with van der Waals surface area (Å²) in [5, 5.41) is 7.74. The van der Waals surface area contributed by atoms with Crippen LogP contribution in [0.5, 0.6) is 0 Å². The van der Waals surface area contributed by atoms with Crippen LogP contribution < -0.4 is 5.64 Å². The molecule has 2 fully saturated rings. The molecule has 0 aromatic heterocycles. The lowest BCUT2D eigenvalue weighted by Gasteiger charge is -2.16. The zero-order valence-corrected chi connectivity index (χ0v) is 11.1. The number of nitrogens with zero attached hydrogens (tertiary/aromatic N) is 1. The van der Waals surface area contributed by atoms with Crippen molar-refractivity contribution in [3.05, 3.63) is 0 Å². The highest BCUT2D eigenvalue weighted by Gasteiger charge is 2.41. The van der Waals surface area contributed by atoms with Gasteiger partial charge in [-0.1, -0.05) is 13.8 Å². The fraction of sp³-hybridized carbons (Fsp3) is 0.889. The van der Waals surface area contributed by atoms with E-state index in [9.17, 15) is 0 Å². The first-order chi connectivity index (χ1) is 6.68. The van der Waals surface area contributed by atoms with Gasteiger partial charge in [0.2, 0.25) is 0 Å². The third-order valence-electron chi connectivity index (χ3n) is 3.05. The Labute approximate surface area is 100 Å². The SMILES string of the molecule is CC.N=C1CCC2CN(B(N)I)CC12. The second-order valence-corrected chi connectivity index (χ2v) is 5.03. The minimum Gasteiger partial charge on any atom is -0.346 e. The molecule has 1 saturated heterocycles. The van der Waals surface area contributed by atoms with E-state index in [0.717, 1.165) is 31.1 Å². The Balaban J connectivity index is 0.000000461. The summed E-state index contributed by atoms with van der Waals surface area (Å²) in [6.07, 6.45) is 2.24. The molecule has 1 aliphatic carbocycles.